The number of carbonyl (C=O) groups is 1. The first-order valence-corrected chi connectivity index (χ1v) is 5.08. The van der Waals surface area contributed by atoms with Gasteiger partial charge in [-0.1, -0.05) is 12.1 Å². The van der Waals surface area contributed by atoms with Crippen LogP contribution in [0.25, 0.3) is 0 Å². The summed E-state index contributed by atoms with van der Waals surface area (Å²) in [7, 11) is 3.25. The number of aliphatic hydroxyl groups is 1. The molecule has 1 rings (SSSR count). The Labute approximate surface area is 95.5 Å². The number of hydrogen-bond donors (Lipinski definition) is 1. The summed E-state index contributed by atoms with van der Waals surface area (Å²) in [4.78, 5) is 12.5. The zero-order valence-electron chi connectivity index (χ0n) is 9.80. The molecule has 0 aliphatic carbocycles. The fourth-order valence-corrected chi connectivity index (χ4v) is 1.32. The van der Waals surface area contributed by atoms with Crippen LogP contribution in [0.2, 0.25) is 0 Å². The highest BCUT2D eigenvalue weighted by Gasteiger charge is 2.12. The minimum Gasteiger partial charge on any atom is -0.497 e. The molecule has 1 amide bonds. The second-order valence-corrected chi connectivity index (χ2v) is 3.69. The van der Waals surface area contributed by atoms with Gasteiger partial charge in [0.1, 0.15) is 5.75 Å². The number of carbonyl (C=O) groups excluding carboxylic acids is 1. The number of likely N-dealkylation sites (N-methyl/N-ethyl adjacent to an activating group) is 1. The van der Waals surface area contributed by atoms with Crippen molar-refractivity contribution in [2.75, 3.05) is 20.7 Å². The number of amides is 1. The smallest absolute Gasteiger partial charge is 0.219 e. The second kappa shape index (κ2) is 5.51. The number of benzene rings is 1. The van der Waals surface area contributed by atoms with Gasteiger partial charge in [0.05, 0.1) is 19.8 Å². The molecule has 1 atom stereocenters. The third kappa shape index (κ3) is 3.24. The molecule has 0 unspecified atom stereocenters. The van der Waals surface area contributed by atoms with Crippen molar-refractivity contribution < 1.29 is 14.6 Å². The normalized spacial score (nSPS) is 12.0. The molecule has 0 aromatic heterocycles. The van der Waals surface area contributed by atoms with Crippen molar-refractivity contribution in [1.82, 2.24) is 4.90 Å². The zero-order chi connectivity index (χ0) is 12.1. The summed E-state index contributed by atoms with van der Waals surface area (Å²) in [5.41, 5.74) is 0.772. The Morgan fingerprint density at radius 2 is 2.00 bits per heavy atom. The van der Waals surface area contributed by atoms with Crippen molar-refractivity contribution in [3.63, 3.8) is 0 Å². The molecule has 4 nitrogen and oxygen atoms in total. The number of ether oxygens (including phenoxy) is 1. The molecule has 0 saturated heterocycles. The van der Waals surface area contributed by atoms with Gasteiger partial charge < -0.3 is 14.7 Å². The van der Waals surface area contributed by atoms with Crippen molar-refractivity contribution in [2.45, 2.75) is 13.0 Å². The Morgan fingerprint density at radius 1 is 1.44 bits per heavy atom. The van der Waals surface area contributed by atoms with Gasteiger partial charge in [0, 0.05) is 14.0 Å². The molecule has 0 radical (unpaired) electrons. The van der Waals surface area contributed by atoms with E-state index in [1.165, 1.54) is 11.8 Å². The fraction of sp³-hybridized carbons (Fsp3) is 0.417. The number of nitrogens with zero attached hydrogens (tertiary/aromatic N) is 1. The maximum Gasteiger partial charge on any atom is 0.219 e. The summed E-state index contributed by atoms with van der Waals surface area (Å²) in [6, 6.07) is 7.15. The first-order chi connectivity index (χ1) is 7.54. The topological polar surface area (TPSA) is 49.8 Å². The van der Waals surface area contributed by atoms with Gasteiger partial charge in [0.15, 0.2) is 0 Å². The predicted octanol–water partition coefficient (Wildman–Crippen LogP) is 1.21. The Bertz CT molecular complexity index is 348. The summed E-state index contributed by atoms with van der Waals surface area (Å²) in [6.45, 7) is 1.77. The van der Waals surface area contributed by atoms with Crippen LogP contribution in [0.5, 0.6) is 5.75 Å². The molecule has 1 aromatic carbocycles. The van der Waals surface area contributed by atoms with Gasteiger partial charge in [-0.25, -0.2) is 0 Å². The molecule has 0 heterocycles. The quantitative estimate of drug-likeness (QED) is 0.834. The maximum atomic E-state index is 11.0. The minimum absolute atomic E-state index is 0.0624. The van der Waals surface area contributed by atoms with Gasteiger partial charge in [-0.3, -0.25) is 4.79 Å². The van der Waals surface area contributed by atoms with E-state index in [4.69, 9.17) is 4.74 Å². The summed E-state index contributed by atoms with van der Waals surface area (Å²) in [6.07, 6.45) is -0.667. The molecule has 1 aromatic rings. The lowest BCUT2D eigenvalue weighted by Gasteiger charge is -2.19. The number of aliphatic hydroxyl groups excluding tert-OH is 1. The molecule has 0 aliphatic rings. The Morgan fingerprint density at radius 3 is 2.44 bits per heavy atom. The summed E-state index contributed by atoms with van der Waals surface area (Å²) in [5, 5.41) is 9.87. The third-order valence-electron chi connectivity index (χ3n) is 2.48. The summed E-state index contributed by atoms with van der Waals surface area (Å²) < 4.78 is 5.02. The van der Waals surface area contributed by atoms with E-state index in [0.717, 1.165) is 11.3 Å². The van der Waals surface area contributed by atoms with Gasteiger partial charge in [-0.15, -0.1) is 0 Å². The third-order valence-corrected chi connectivity index (χ3v) is 2.48. The van der Waals surface area contributed by atoms with Gasteiger partial charge in [-0.2, -0.15) is 0 Å². The lowest BCUT2D eigenvalue weighted by atomic mass is 10.1. The van der Waals surface area contributed by atoms with Crippen molar-refractivity contribution >= 4 is 5.91 Å². The Hall–Kier alpha value is -1.55. The van der Waals surface area contributed by atoms with Gasteiger partial charge >= 0.3 is 0 Å². The summed E-state index contributed by atoms with van der Waals surface area (Å²) in [5.74, 6) is 0.684. The van der Waals surface area contributed by atoms with E-state index in [9.17, 15) is 9.90 Å². The average Bonchev–Trinajstić information content (AvgIpc) is 2.28. The Balaban J connectivity index is 2.65. The van der Waals surface area contributed by atoms with Gasteiger partial charge in [0.2, 0.25) is 5.91 Å². The van der Waals surface area contributed by atoms with Crippen molar-refractivity contribution in [2.24, 2.45) is 0 Å². The molecule has 4 heteroatoms. The molecule has 0 fully saturated rings. The van der Waals surface area contributed by atoms with E-state index in [1.807, 2.05) is 0 Å². The predicted molar refractivity (Wildman–Crippen MR) is 61.3 cm³/mol. The highest BCUT2D eigenvalue weighted by atomic mass is 16.5. The van der Waals surface area contributed by atoms with Crippen molar-refractivity contribution in [3.05, 3.63) is 29.8 Å². The number of hydrogen-bond acceptors (Lipinski definition) is 3. The van der Waals surface area contributed by atoms with Crippen LogP contribution in [0.4, 0.5) is 0 Å². The first kappa shape index (κ1) is 12.5. The zero-order valence-corrected chi connectivity index (χ0v) is 9.80. The van der Waals surface area contributed by atoms with Gasteiger partial charge in [0.25, 0.3) is 0 Å². The van der Waals surface area contributed by atoms with E-state index in [2.05, 4.69) is 0 Å². The van der Waals surface area contributed by atoms with Crippen molar-refractivity contribution in [3.8, 4) is 5.75 Å². The number of rotatable bonds is 4. The molecule has 1 N–H and O–H groups in total. The molecule has 0 aliphatic heterocycles. The molecular formula is C12H17NO3. The van der Waals surface area contributed by atoms with Crippen LogP contribution < -0.4 is 4.74 Å². The SMILES string of the molecule is COc1ccc([C@@H](O)CN(C)C(C)=O)cc1. The van der Waals surface area contributed by atoms with Crippen LogP contribution in [0.3, 0.4) is 0 Å². The fourth-order valence-electron chi connectivity index (χ4n) is 1.32. The van der Waals surface area contributed by atoms with Gasteiger partial charge in [-0.05, 0) is 17.7 Å². The molecule has 16 heavy (non-hydrogen) atoms. The molecule has 0 bridgehead atoms. The van der Waals surface area contributed by atoms with Crippen LogP contribution in [0, 0.1) is 0 Å². The maximum absolute atomic E-state index is 11.0. The van der Waals surface area contributed by atoms with E-state index in [1.54, 1.807) is 38.4 Å². The molecular weight excluding hydrogens is 206 g/mol. The van der Waals surface area contributed by atoms with Crippen LogP contribution in [-0.2, 0) is 4.79 Å². The van der Waals surface area contributed by atoms with Crippen LogP contribution in [0.15, 0.2) is 24.3 Å². The largest absolute Gasteiger partial charge is 0.497 e. The standard InChI is InChI=1S/C12H17NO3/c1-9(14)13(2)8-12(15)10-4-6-11(16-3)7-5-10/h4-7,12,15H,8H2,1-3H3/t12-/m0/s1. The van der Waals surface area contributed by atoms with E-state index in [0.29, 0.717) is 6.54 Å². The van der Waals surface area contributed by atoms with E-state index >= 15 is 0 Å². The van der Waals surface area contributed by atoms with Crippen molar-refractivity contribution in [1.29, 1.82) is 0 Å². The average molecular weight is 223 g/mol. The van der Waals surface area contributed by atoms with E-state index in [-0.39, 0.29) is 5.91 Å². The monoisotopic (exact) mass is 223 g/mol. The molecule has 88 valence electrons. The van der Waals surface area contributed by atoms with Crippen LogP contribution in [-0.4, -0.2) is 36.6 Å². The first-order valence-electron chi connectivity index (χ1n) is 5.08. The molecule has 0 saturated carbocycles. The highest BCUT2D eigenvalue weighted by Crippen LogP contribution is 2.18. The lowest BCUT2D eigenvalue weighted by Crippen LogP contribution is -2.28. The van der Waals surface area contributed by atoms with E-state index < -0.39 is 6.10 Å². The number of methoxy groups -OCH3 is 1. The van der Waals surface area contributed by atoms with Crippen LogP contribution in [0.1, 0.15) is 18.6 Å². The minimum atomic E-state index is -0.667. The molecule has 0 spiro atoms. The summed E-state index contributed by atoms with van der Waals surface area (Å²) >= 11 is 0. The lowest BCUT2D eigenvalue weighted by molar-refractivity contribution is -0.128. The second-order valence-electron chi connectivity index (χ2n) is 3.69. The van der Waals surface area contributed by atoms with Crippen LogP contribution >= 0.6 is 0 Å². The Kier molecular flexibility index (Phi) is 4.31. The highest BCUT2D eigenvalue weighted by molar-refractivity contribution is 5.72.